The molecule has 2 aromatic heterocycles. The number of thiazole rings is 1. The molecule has 1 amide bonds. The monoisotopic (exact) mass is 452 g/mol. The van der Waals surface area contributed by atoms with Gasteiger partial charge in [-0.15, -0.1) is 11.3 Å². The number of nitrogens with one attached hydrogen (secondary N) is 2. The first kappa shape index (κ1) is 21.2. The molecule has 0 aliphatic carbocycles. The number of hydrogen-bond acceptors (Lipinski definition) is 7. The van der Waals surface area contributed by atoms with Crippen LogP contribution in [0.3, 0.4) is 0 Å². The summed E-state index contributed by atoms with van der Waals surface area (Å²) in [6.45, 7) is 2.31. The Morgan fingerprint density at radius 3 is 2.74 bits per heavy atom. The largest absolute Gasteiger partial charge is 0.378 e. The lowest BCUT2D eigenvalue weighted by atomic mass is 10.2. The number of aryl methyl sites for hydroxylation is 1. The van der Waals surface area contributed by atoms with Gasteiger partial charge in [0.2, 0.25) is 5.91 Å². The average molecular weight is 453 g/mol. The van der Waals surface area contributed by atoms with E-state index in [0.29, 0.717) is 16.5 Å². The van der Waals surface area contributed by atoms with Crippen molar-refractivity contribution in [2.75, 3.05) is 18.2 Å². The highest BCUT2D eigenvalue weighted by Gasteiger charge is 2.09. The molecule has 2 N–H and O–H groups in total. The second-order valence-corrected chi connectivity index (χ2v) is 8.87. The van der Waals surface area contributed by atoms with Gasteiger partial charge in [-0.2, -0.15) is 0 Å². The third-order valence-electron chi connectivity index (χ3n) is 4.36. The molecule has 0 spiro atoms. The minimum Gasteiger partial charge on any atom is -0.378 e. The minimum absolute atomic E-state index is 0.123. The fraction of sp³-hybridized carbons (Fsp3) is 0.182. The summed E-state index contributed by atoms with van der Waals surface area (Å²) < 4.78 is 6.16. The Bertz CT molecular complexity index is 1280. The molecule has 0 unspecified atom stereocenters. The molecule has 4 aromatic rings. The second-order valence-electron chi connectivity index (χ2n) is 6.88. The Kier molecular flexibility index (Phi) is 6.45. The van der Waals surface area contributed by atoms with E-state index < -0.39 is 0 Å². The van der Waals surface area contributed by atoms with Crippen molar-refractivity contribution in [1.29, 1.82) is 0 Å². The molecule has 0 aliphatic heterocycles. The quantitative estimate of drug-likeness (QED) is 0.322. The van der Waals surface area contributed by atoms with E-state index in [1.54, 1.807) is 11.3 Å². The molecule has 0 aliphatic rings. The maximum Gasteiger partial charge on any atom is 0.251 e. The number of hydrogen-bond donors (Lipinski definition) is 2. The van der Waals surface area contributed by atoms with E-state index in [4.69, 9.17) is 4.74 Å². The van der Waals surface area contributed by atoms with Crippen molar-refractivity contribution in [3.8, 4) is 10.6 Å². The molecule has 0 atom stereocenters. The van der Waals surface area contributed by atoms with Gasteiger partial charge in [-0.3, -0.25) is 9.59 Å². The topological polar surface area (TPSA) is 97.0 Å². The van der Waals surface area contributed by atoms with Crippen LogP contribution >= 0.6 is 23.1 Å². The summed E-state index contributed by atoms with van der Waals surface area (Å²) in [6.07, 6.45) is 0. The Morgan fingerprint density at radius 2 is 1.97 bits per heavy atom. The standard InChI is InChI=1S/C22H20N4O3S2/c1-13-3-8-17-18(9-13)31-21(25-17)14-4-6-15(7-5-14)23-20(28)12-30-22-24-16(11-29-2)10-19(27)26-22/h3-10H,11-12H2,1-2H3,(H,23,28)(H,24,26,27). The van der Waals surface area contributed by atoms with E-state index in [1.165, 1.54) is 18.7 Å². The number of H-pyrrole nitrogens is 1. The van der Waals surface area contributed by atoms with Gasteiger partial charge >= 0.3 is 0 Å². The van der Waals surface area contributed by atoms with Crippen molar-refractivity contribution < 1.29 is 9.53 Å². The number of anilines is 1. The summed E-state index contributed by atoms with van der Waals surface area (Å²) in [5.41, 5.74) is 4.15. The fourth-order valence-electron chi connectivity index (χ4n) is 2.96. The number of thioether (sulfide) groups is 1. The molecule has 0 bridgehead atoms. The number of nitrogens with zero attached hydrogens (tertiary/aromatic N) is 2. The van der Waals surface area contributed by atoms with Gasteiger partial charge in [-0.25, -0.2) is 9.97 Å². The van der Waals surface area contributed by atoms with E-state index in [-0.39, 0.29) is 23.8 Å². The number of ether oxygens (including phenoxy) is 1. The molecule has 9 heteroatoms. The van der Waals surface area contributed by atoms with Crippen molar-refractivity contribution in [2.24, 2.45) is 0 Å². The van der Waals surface area contributed by atoms with Crippen molar-refractivity contribution in [3.05, 3.63) is 70.1 Å². The molecule has 158 valence electrons. The highest BCUT2D eigenvalue weighted by Crippen LogP contribution is 2.31. The van der Waals surface area contributed by atoms with Gasteiger partial charge in [-0.1, -0.05) is 17.8 Å². The molecular formula is C22H20N4O3S2. The minimum atomic E-state index is -0.273. The van der Waals surface area contributed by atoms with Crippen LogP contribution in [-0.2, 0) is 16.1 Å². The van der Waals surface area contributed by atoms with Crippen LogP contribution in [0.2, 0.25) is 0 Å². The maximum atomic E-state index is 12.3. The lowest BCUT2D eigenvalue weighted by molar-refractivity contribution is -0.113. The van der Waals surface area contributed by atoms with Crippen molar-refractivity contribution in [3.63, 3.8) is 0 Å². The second kappa shape index (κ2) is 9.42. The first-order chi connectivity index (χ1) is 15.0. The SMILES string of the molecule is COCc1cc(=O)[nH]c(SCC(=O)Nc2ccc(-c3nc4ccc(C)cc4s3)cc2)n1. The van der Waals surface area contributed by atoms with Crippen LogP contribution in [0, 0.1) is 6.92 Å². The molecule has 0 saturated carbocycles. The Morgan fingerprint density at radius 1 is 1.16 bits per heavy atom. The zero-order valence-electron chi connectivity index (χ0n) is 17.0. The van der Waals surface area contributed by atoms with E-state index in [9.17, 15) is 9.59 Å². The average Bonchev–Trinajstić information content (AvgIpc) is 3.16. The lowest BCUT2D eigenvalue weighted by Gasteiger charge is -2.06. The number of carbonyl (C=O) groups excluding carboxylic acids is 1. The molecule has 7 nitrogen and oxygen atoms in total. The predicted molar refractivity (Wildman–Crippen MR) is 125 cm³/mol. The number of carbonyl (C=O) groups is 1. The summed E-state index contributed by atoms with van der Waals surface area (Å²) in [4.78, 5) is 35.5. The molecular weight excluding hydrogens is 432 g/mol. The Hall–Kier alpha value is -3.01. The lowest BCUT2D eigenvalue weighted by Crippen LogP contribution is -2.16. The fourth-order valence-corrected chi connectivity index (χ4v) is 4.72. The van der Waals surface area contributed by atoms with E-state index in [2.05, 4.69) is 39.3 Å². The zero-order valence-corrected chi connectivity index (χ0v) is 18.6. The van der Waals surface area contributed by atoms with Gasteiger partial charge in [0.05, 0.1) is 28.3 Å². The van der Waals surface area contributed by atoms with Crippen LogP contribution in [0.15, 0.2) is 58.5 Å². The van der Waals surface area contributed by atoms with Gasteiger partial charge in [0, 0.05) is 24.4 Å². The van der Waals surface area contributed by atoms with Crippen LogP contribution < -0.4 is 10.9 Å². The van der Waals surface area contributed by atoms with Crippen molar-refractivity contribution in [2.45, 2.75) is 18.7 Å². The van der Waals surface area contributed by atoms with Gasteiger partial charge in [0.15, 0.2) is 5.16 Å². The summed E-state index contributed by atoms with van der Waals surface area (Å²) in [6, 6.07) is 15.2. The van der Waals surface area contributed by atoms with Crippen LogP contribution in [-0.4, -0.2) is 33.7 Å². The number of rotatable bonds is 7. The smallest absolute Gasteiger partial charge is 0.251 e. The molecule has 0 radical (unpaired) electrons. The van der Waals surface area contributed by atoms with Crippen LogP contribution in [0.1, 0.15) is 11.3 Å². The predicted octanol–water partition coefficient (Wildman–Crippen LogP) is 4.23. The number of amides is 1. The summed E-state index contributed by atoms with van der Waals surface area (Å²) in [5, 5.41) is 4.19. The van der Waals surface area contributed by atoms with E-state index >= 15 is 0 Å². The van der Waals surface area contributed by atoms with E-state index in [1.807, 2.05) is 30.3 Å². The van der Waals surface area contributed by atoms with Gasteiger partial charge < -0.3 is 15.0 Å². The zero-order chi connectivity index (χ0) is 21.8. The molecule has 0 fully saturated rings. The normalized spacial score (nSPS) is 11.0. The highest BCUT2D eigenvalue weighted by molar-refractivity contribution is 7.99. The first-order valence-corrected chi connectivity index (χ1v) is 11.3. The number of methoxy groups -OCH3 is 1. The molecule has 4 rings (SSSR count). The van der Waals surface area contributed by atoms with Crippen LogP contribution in [0.4, 0.5) is 5.69 Å². The van der Waals surface area contributed by atoms with Crippen LogP contribution in [0.5, 0.6) is 0 Å². The Labute approximate surface area is 186 Å². The van der Waals surface area contributed by atoms with Crippen molar-refractivity contribution >= 4 is 44.9 Å². The third kappa shape index (κ3) is 5.38. The van der Waals surface area contributed by atoms with E-state index in [0.717, 1.165) is 32.5 Å². The number of benzene rings is 2. The van der Waals surface area contributed by atoms with Crippen molar-refractivity contribution in [1.82, 2.24) is 15.0 Å². The molecule has 31 heavy (non-hydrogen) atoms. The summed E-state index contributed by atoms with van der Waals surface area (Å²) >= 11 is 2.81. The summed E-state index contributed by atoms with van der Waals surface area (Å²) in [5.74, 6) is -0.0637. The number of aromatic amines is 1. The maximum absolute atomic E-state index is 12.3. The molecule has 2 aromatic carbocycles. The highest BCUT2D eigenvalue weighted by atomic mass is 32.2. The Balaban J connectivity index is 1.38. The number of fused-ring (bicyclic) bond motifs is 1. The third-order valence-corrected chi connectivity index (χ3v) is 6.31. The number of aromatic nitrogens is 3. The summed E-state index contributed by atoms with van der Waals surface area (Å²) in [7, 11) is 1.53. The van der Waals surface area contributed by atoms with Crippen LogP contribution in [0.25, 0.3) is 20.8 Å². The molecule has 2 heterocycles. The molecule has 0 saturated heterocycles. The van der Waals surface area contributed by atoms with Gasteiger partial charge in [0.1, 0.15) is 5.01 Å². The van der Waals surface area contributed by atoms with Gasteiger partial charge in [0.25, 0.3) is 5.56 Å². The first-order valence-electron chi connectivity index (χ1n) is 9.49. The van der Waals surface area contributed by atoms with Gasteiger partial charge in [-0.05, 0) is 48.9 Å².